The van der Waals surface area contributed by atoms with Crippen LogP contribution in [0.5, 0.6) is 5.75 Å². The first-order valence-corrected chi connectivity index (χ1v) is 5.27. The first-order chi connectivity index (χ1) is 7.63. The molecule has 0 bridgehead atoms. The minimum absolute atomic E-state index is 0.0290. The van der Waals surface area contributed by atoms with Gasteiger partial charge in [0, 0.05) is 17.5 Å². The van der Waals surface area contributed by atoms with Gasteiger partial charge < -0.3 is 15.6 Å². The number of methoxy groups -OCH3 is 1. The highest BCUT2D eigenvalue weighted by Gasteiger charge is 2.32. The third-order valence-corrected chi connectivity index (χ3v) is 3.09. The van der Waals surface area contributed by atoms with E-state index in [1.54, 1.807) is 7.11 Å². The first kappa shape index (κ1) is 11.0. The molecule has 2 atom stereocenters. The molecule has 0 aliphatic heterocycles. The van der Waals surface area contributed by atoms with Gasteiger partial charge >= 0.3 is 5.97 Å². The molecule has 2 unspecified atom stereocenters. The van der Waals surface area contributed by atoms with Crippen LogP contribution in [0.3, 0.4) is 0 Å². The highest BCUT2D eigenvalue weighted by atomic mass is 16.5. The SMILES string of the molecule is COc1cccc2c1C(CC(=O)O)CC2N. The van der Waals surface area contributed by atoms with Gasteiger partial charge in [0.05, 0.1) is 13.5 Å². The van der Waals surface area contributed by atoms with Crippen molar-refractivity contribution in [2.45, 2.75) is 24.8 Å². The summed E-state index contributed by atoms with van der Waals surface area (Å²) in [4.78, 5) is 10.8. The zero-order valence-corrected chi connectivity index (χ0v) is 9.14. The molecular formula is C12H15NO3. The van der Waals surface area contributed by atoms with E-state index >= 15 is 0 Å². The fourth-order valence-corrected chi connectivity index (χ4v) is 2.45. The van der Waals surface area contributed by atoms with Crippen molar-refractivity contribution < 1.29 is 14.6 Å². The molecule has 0 fully saturated rings. The Labute approximate surface area is 94.0 Å². The second-order valence-corrected chi connectivity index (χ2v) is 4.10. The van der Waals surface area contributed by atoms with E-state index in [2.05, 4.69) is 0 Å². The van der Waals surface area contributed by atoms with Gasteiger partial charge in [0.25, 0.3) is 0 Å². The number of carboxylic acid groups (broad SMARTS) is 1. The van der Waals surface area contributed by atoms with Crippen molar-refractivity contribution in [3.05, 3.63) is 29.3 Å². The third-order valence-electron chi connectivity index (χ3n) is 3.09. The van der Waals surface area contributed by atoms with Crippen LogP contribution in [0.1, 0.15) is 35.9 Å². The lowest BCUT2D eigenvalue weighted by Gasteiger charge is -2.12. The summed E-state index contributed by atoms with van der Waals surface area (Å²) >= 11 is 0. The van der Waals surface area contributed by atoms with Crippen LogP contribution in [0.15, 0.2) is 18.2 Å². The average Bonchev–Trinajstić information content (AvgIpc) is 2.55. The van der Waals surface area contributed by atoms with E-state index in [9.17, 15) is 4.79 Å². The number of nitrogens with two attached hydrogens (primary N) is 1. The predicted molar refractivity (Wildman–Crippen MR) is 59.5 cm³/mol. The number of fused-ring (bicyclic) bond motifs is 1. The summed E-state index contributed by atoms with van der Waals surface area (Å²) in [6, 6.07) is 5.62. The maximum absolute atomic E-state index is 10.8. The molecule has 1 aliphatic rings. The highest BCUT2D eigenvalue weighted by Crippen LogP contribution is 2.45. The molecular weight excluding hydrogens is 206 g/mol. The lowest BCUT2D eigenvalue weighted by Crippen LogP contribution is -2.07. The van der Waals surface area contributed by atoms with Crippen molar-refractivity contribution in [1.29, 1.82) is 0 Å². The lowest BCUT2D eigenvalue weighted by molar-refractivity contribution is -0.137. The molecule has 1 aliphatic carbocycles. The summed E-state index contributed by atoms with van der Waals surface area (Å²) in [7, 11) is 1.59. The van der Waals surface area contributed by atoms with E-state index in [0.29, 0.717) is 6.42 Å². The Morgan fingerprint density at radius 1 is 1.62 bits per heavy atom. The van der Waals surface area contributed by atoms with E-state index in [1.807, 2.05) is 18.2 Å². The van der Waals surface area contributed by atoms with Gasteiger partial charge in [0.2, 0.25) is 0 Å². The van der Waals surface area contributed by atoms with Gasteiger partial charge in [-0.3, -0.25) is 4.79 Å². The summed E-state index contributed by atoms with van der Waals surface area (Å²) in [5, 5.41) is 8.87. The van der Waals surface area contributed by atoms with Crippen molar-refractivity contribution in [2.75, 3.05) is 7.11 Å². The Hall–Kier alpha value is -1.55. The lowest BCUT2D eigenvalue weighted by atomic mass is 9.97. The molecule has 4 heteroatoms. The van der Waals surface area contributed by atoms with Crippen LogP contribution >= 0.6 is 0 Å². The second kappa shape index (κ2) is 4.14. The monoisotopic (exact) mass is 221 g/mol. The number of rotatable bonds is 3. The quantitative estimate of drug-likeness (QED) is 0.814. The summed E-state index contributed by atoms with van der Waals surface area (Å²) in [6.07, 6.45) is 0.795. The van der Waals surface area contributed by atoms with Crippen LogP contribution in [0.4, 0.5) is 0 Å². The number of carbonyl (C=O) groups is 1. The number of ether oxygens (including phenoxy) is 1. The maximum Gasteiger partial charge on any atom is 0.303 e. The summed E-state index contributed by atoms with van der Waals surface area (Å²) in [5.41, 5.74) is 7.98. The Morgan fingerprint density at radius 2 is 2.38 bits per heavy atom. The van der Waals surface area contributed by atoms with E-state index in [0.717, 1.165) is 16.9 Å². The Morgan fingerprint density at radius 3 is 3.00 bits per heavy atom. The van der Waals surface area contributed by atoms with Crippen molar-refractivity contribution >= 4 is 5.97 Å². The maximum atomic E-state index is 10.8. The number of hydrogen-bond donors (Lipinski definition) is 2. The van der Waals surface area contributed by atoms with Gasteiger partial charge in [-0.25, -0.2) is 0 Å². The molecule has 0 radical (unpaired) electrons. The Kier molecular flexibility index (Phi) is 2.83. The standard InChI is InChI=1S/C12H15NO3/c1-16-10-4-2-3-8-9(13)5-7(12(8)10)6-11(14)15/h2-4,7,9H,5-6,13H2,1H3,(H,14,15). The molecule has 3 N–H and O–H groups in total. The van der Waals surface area contributed by atoms with Crippen LogP contribution in [0.2, 0.25) is 0 Å². The van der Waals surface area contributed by atoms with Gasteiger partial charge in [-0.1, -0.05) is 12.1 Å². The van der Waals surface area contributed by atoms with Crippen molar-refractivity contribution in [2.24, 2.45) is 5.73 Å². The second-order valence-electron chi connectivity index (χ2n) is 4.10. The van der Waals surface area contributed by atoms with Crippen LogP contribution in [0, 0.1) is 0 Å². The smallest absolute Gasteiger partial charge is 0.303 e. The first-order valence-electron chi connectivity index (χ1n) is 5.27. The minimum Gasteiger partial charge on any atom is -0.496 e. The largest absolute Gasteiger partial charge is 0.496 e. The van der Waals surface area contributed by atoms with Crippen LogP contribution in [-0.4, -0.2) is 18.2 Å². The molecule has 16 heavy (non-hydrogen) atoms. The van der Waals surface area contributed by atoms with E-state index < -0.39 is 5.97 Å². The third kappa shape index (κ3) is 1.76. The predicted octanol–water partition coefficient (Wildman–Crippen LogP) is 1.66. The molecule has 0 heterocycles. The van der Waals surface area contributed by atoms with Gasteiger partial charge in [0.1, 0.15) is 5.75 Å². The average molecular weight is 221 g/mol. The molecule has 0 saturated heterocycles. The number of carboxylic acids is 1. The molecule has 1 aromatic rings. The zero-order valence-electron chi connectivity index (χ0n) is 9.14. The van der Waals surface area contributed by atoms with E-state index in [4.69, 9.17) is 15.6 Å². The topological polar surface area (TPSA) is 72.5 Å². The molecule has 0 saturated carbocycles. The van der Waals surface area contributed by atoms with Crippen LogP contribution in [0.25, 0.3) is 0 Å². The van der Waals surface area contributed by atoms with Crippen molar-refractivity contribution in [3.8, 4) is 5.75 Å². The Bertz CT molecular complexity index is 417. The van der Waals surface area contributed by atoms with Crippen molar-refractivity contribution in [3.63, 3.8) is 0 Å². The molecule has 0 aromatic heterocycles. The van der Waals surface area contributed by atoms with Gasteiger partial charge in [-0.15, -0.1) is 0 Å². The minimum atomic E-state index is -0.795. The van der Waals surface area contributed by atoms with E-state index in [1.165, 1.54) is 0 Å². The number of aliphatic carboxylic acids is 1. The van der Waals surface area contributed by atoms with Gasteiger partial charge in [0.15, 0.2) is 0 Å². The van der Waals surface area contributed by atoms with E-state index in [-0.39, 0.29) is 18.4 Å². The molecule has 4 nitrogen and oxygen atoms in total. The molecule has 2 rings (SSSR count). The van der Waals surface area contributed by atoms with Gasteiger partial charge in [-0.05, 0) is 18.1 Å². The van der Waals surface area contributed by atoms with Crippen molar-refractivity contribution in [1.82, 2.24) is 0 Å². The van der Waals surface area contributed by atoms with Crippen LogP contribution < -0.4 is 10.5 Å². The molecule has 86 valence electrons. The normalized spacial score (nSPS) is 22.9. The highest BCUT2D eigenvalue weighted by molar-refractivity contribution is 5.69. The molecule has 0 amide bonds. The summed E-state index contributed by atoms with van der Waals surface area (Å²) in [6.45, 7) is 0. The number of hydrogen-bond acceptors (Lipinski definition) is 3. The van der Waals surface area contributed by atoms with Crippen LogP contribution in [-0.2, 0) is 4.79 Å². The fraction of sp³-hybridized carbons (Fsp3) is 0.417. The summed E-state index contributed by atoms with van der Waals surface area (Å²) < 4.78 is 5.27. The zero-order chi connectivity index (χ0) is 11.7. The molecule has 1 aromatic carbocycles. The summed E-state index contributed by atoms with van der Waals surface area (Å²) in [5.74, 6) is -0.0775. The van der Waals surface area contributed by atoms with Gasteiger partial charge in [-0.2, -0.15) is 0 Å². The molecule has 0 spiro atoms. The fourth-order valence-electron chi connectivity index (χ4n) is 2.45. The Balaban J connectivity index is 2.41. The number of benzene rings is 1.